The molecule has 0 aliphatic carbocycles. The number of fused-ring (bicyclic) bond motifs is 1. The van der Waals surface area contributed by atoms with E-state index in [2.05, 4.69) is 36.1 Å². The molecule has 1 aromatic rings. The van der Waals surface area contributed by atoms with Gasteiger partial charge in [-0.1, -0.05) is 31.2 Å². The minimum absolute atomic E-state index is 0.770. The first-order valence-corrected chi connectivity index (χ1v) is 5.70. The van der Waals surface area contributed by atoms with Gasteiger partial charge < -0.3 is 4.90 Å². The Morgan fingerprint density at radius 2 is 2.07 bits per heavy atom. The van der Waals surface area contributed by atoms with E-state index in [1.165, 1.54) is 17.5 Å². The molecule has 0 amide bonds. The molecule has 0 saturated heterocycles. The zero-order valence-electron chi connectivity index (χ0n) is 9.29. The van der Waals surface area contributed by atoms with E-state index in [0.29, 0.717) is 0 Å². The standard InChI is InChI=1S/C13H18N2/c1-2-13(14)15-9-5-8-11-6-3-4-7-12(11)10-15/h3-4,6-7,14H,2,5,8-10H2,1H3. The van der Waals surface area contributed by atoms with Crippen LogP contribution in [0.2, 0.25) is 0 Å². The van der Waals surface area contributed by atoms with Crippen molar-refractivity contribution in [3.8, 4) is 0 Å². The number of nitrogens with one attached hydrogen (secondary N) is 1. The summed E-state index contributed by atoms with van der Waals surface area (Å²) in [6.07, 6.45) is 3.16. The molecule has 0 saturated carbocycles. The average Bonchev–Trinajstić information content (AvgIpc) is 2.49. The van der Waals surface area contributed by atoms with Crippen molar-refractivity contribution in [1.82, 2.24) is 4.90 Å². The monoisotopic (exact) mass is 202 g/mol. The summed E-state index contributed by atoms with van der Waals surface area (Å²) in [5.41, 5.74) is 2.86. The average molecular weight is 202 g/mol. The van der Waals surface area contributed by atoms with Crippen LogP contribution in [0.3, 0.4) is 0 Å². The summed E-state index contributed by atoms with van der Waals surface area (Å²) >= 11 is 0. The van der Waals surface area contributed by atoms with Gasteiger partial charge in [0.1, 0.15) is 0 Å². The van der Waals surface area contributed by atoms with E-state index in [-0.39, 0.29) is 0 Å². The smallest absolute Gasteiger partial charge is 0.0957 e. The predicted molar refractivity (Wildman–Crippen MR) is 63.2 cm³/mol. The molecular weight excluding hydrogens is 184 g/mol. The van der Waals surface area contributed by atoms with Crippen molar-refractivity contribution in [3.63, 3.8) is 0 Å². The van der Waals surface area contributed by atoms with Crippen LogP contribution in [0.15, 0.2) is 24.3 Å². The molecule has 15 heavy (non-hydrogen) atoms. The quantitative estimate of drug-likeness (QED) is 0.550. The maximum atomic E-state index is 7.90. The van der Waals surface area contributed by atoms with Crippen molar-refractivity contribution in [2.24, 2.45) is 0 Å². The number of rotatable bonds is 1. The fraction of sp³-hybridized carbons (Fsp3) is 0.462. The second-order valence-corrected chi connectivity index (χ2v) is 4.09. The van der Waals surface area contributed by atoms with Crippen LogP contribution in [0.5, 0.6) is 0 Å². The van der Waals surface area contributed by atoms with Gasteiger partial charge in [-0.05, 0) is 24.0 Å². The van der Waals surface area contributed by atoms with Crippen molar-refractivity contribution in [1.29, 1.82) is 5.41 Å². The molecule has 0 spiro atoms. The molecule has 1 aliphatic heterocycles. The van der Waals surface area contributed by atoms with E-state index in [1.807, 2.05) is 0 Å². The van der Waals surface area contributed by atoms with Gasteiger partial charge in [0.05, 0.1) is 5.84 Å². The fourth-order valence-corrected chi connectivity index (χ4v) is 2.15. The Bertz CT molecular complexity index is 357. The van der Waals surface area contributed by atoms with Crippen molar-refractivity contribution >= 4 is 5.84 Å². The summed E-state index contributed by atoms with van der Waals surface area (Å²) in [7, 11) is 0. The third-order valence-electron chi connectivity index (χ3n) is 3.07. The topological polar surface area (TPSA) is 27.1 Å². The van der Waals surface area contributed by atoms with Gasteiger partial charge in [0, 0.05) is 19.5 Å². The fourth-order valence-electron chi connectivity index (χ4n) is 2.15. The first-order chi connectivity index (χ1) is 7.31. The number of hydrogen-bond acceptors (Lipinski definition) is 1. The Labute approximate surface area is 91.4 Å². The molecule has 1 aromatic carbocycles. The third kappa shape index (κ3) is 2.20. The molecule has 2 rings (SSSR count). The van der Waals surface area contributed by atoms with Gasteiger partial charge >= 0.3 is 0 Å². The lowest BCUT2D eigenvalue weighted by Crippen LogP contribution is -2.29. The largest absolute Gasteiger partial charge is 0.356 e. The zero-order valence-corrected chi connectivity index (χ0v) is 9.29. The molecule has 80 valence electrons. The second kappa shape index (κ2) is 4.47. The lowest BCUT2D eigenvalue weighted by Gasteiger charge is -2.22. The van der Waals surface area contributed by atoms with E-state index in [0.717, 1.165) is 31.8 Å². The molecule has 1 N–H and O–H groups in total. The minimum atomic E-state index is 0.770. The minimum Gasteiger partial charge on any atom is -0.356 e. The first-order valence-electron chi connectivity index (χ1n) is 5.70. The molecular formula is C13H18N2. The maximum absolute atomic E-state index is 7.90. The molecule has 0 unspecified atom stereocenters. The highest BCUT2D eigenvalue weighted by Crippen LogP contribution is 2.18. The predicted octanol–water partition coefficient (Wildman–Crippen LogP) is 2.82. The number of benzene rings is 1. The van der Waals surface area contributed by atoms with Gasteiger partial charge in [0.25, 0.3) is 0 Å². The Morgan fingerprint density at radius 1 is 1.33 bits per heavy atom. The molecule has 0 fully saturated rings. The highest BCUT2D eigenvalue weighted by molar-refractivity contribution is 5.78. The van der Waals surface area contributed by atoms with Gasteiger partial charge in [0.2, 0.25) is 0 Å². The summed E-state index contributed by atoms with van der Waals surface area (Å²) < 4.78 is 0. The van der Waals surface area contributed by atoms with Gasteiger partial charge in [0.15, 0.2) is 0 Å². The Kier molecular flexibility index (Phi) is 3.05. The summed E-state index contributed by atoms with van der Waals surface area (Å²) in [4.78, 5) is 2.20. The van der Waals surface area contributed by atoms with Crippen molar-refractivity contribution in [2.75, 3.05) is 6.54 Å². The molecule has 2 heteroatoms. The highest BCUT2D eigenvalue weighted by atomic mass is 15.2. The van der Waals surface area contributed by atoms with Crippen LogP contribution in [-0.2, 0) is 13.0 Å². The maximum Gasteiger partial charge on any atom is 0.0957 e. The van der Waals surface area contributed by atoms with E-state index in [1.54, 1.807) is 0 Å². The normalized spacial score (nSPS) is 15.7. The molecule has 2 nitrogen and oxygen atoms in total. The van der Waals surface area contributed by atoms with Gasteiger partial charge in [-0.2, -0.15) is 0 Å². The Balaban J connectivity index is 2.21. The van der Waals surface area contributed by atoms with E-state index >= 15 is 0 Å². The molecule has 0 radical (unpaired) electrons. The highest BCUT2D eigenvalue weighted by Gasteiger charge is 2.14. The lowest BCUT2D eigenvalue weighted by atomic mass is 10.0. The van der Waals surface area contributed by atoms with E-state index in [4.69, 9.17) is 5.41 Å². The Morgan fingerprint density at radius 3 is 2.80 bits per heavy atom. The van der Waals surface area contributed by atoms with Crippen LogP contribution in [0.1, 0.15) is 30.9 Å². The number of nitrogens with zero attached hydrogens (tertiary/aromatic N) is 1. The summed E-state index contributed by atoms with van der Waals surface area (Å²) in [5.74, 6) is 0.770. The van der Waals surface area contributed by atoms with Gasteiger partial charge in [-0.3, -0.25) is 5.41 Å². The lowest BCUT2D eigenvalue weighted by molar-refractivity contribution is 0.407. The van der Waals surface area contributed by atoms with Crippen molar-refractivity contribution < 1.29 is 0 Å². The van der Waals surface area contributed by atoms with E-state index < -0.39 is 0 Å². The molecule has 0 aromatic heterocycles. The van der Waals surface area contributed by atoms with Crippen molar-refractivity contribution in [2.45, 2.75) is 32.7 Å². The first kappa shape index (κ1) is 10.2. The Hall–Kier alpha value is -1.31. The van der Waals surface area contributed by atoms with Gasteiger partial charge in [-0.25, -0.2) is 0 Å². The summed E-state index contributed by atoms with van der Waals surface area (Å²) in [5, 5.41) is 7.90. The van der Waals surface area contributed by atoms with Crippen LogP contribution in [-0.4, -0.2) is 17.3 Å². The number of amidine groups is 1. The third-order valence-corrected chi connectivity index (χ3v) is 3.07. The van der Waals surface area contributed by atoms with Crippen LogP contribution >= 0.6 is 0 Å². The van der Waals surface area contributed by atoms with Crippen LogP contribution in [0, 0.1) is 5.41 Å². The number of aryl methyl sites for hydroxylation is 1. The van der Waals surface area contributed by atoms with Crippen LogP contribution < -0.4 is 0 Å². The van der Waals surface area contributed by atoms with E-state index in [9.17, 15) is 0 Å². The molecule has 0 atom stereocenters. The molecule has 0 bridgehead atoms. The second-order valence-electron chi connectivity index (χ2n) is 4.09. The SMILES string of the molecule is CCC(=N)N1CCCc2ccccc2C1. The van der Waals surface area contributed by atoms with Crippen molar-refractivity contribution in [3.05, 3.63) is 35.4 Å². The molecule has 1 aliphatic rings. The van der Waals surface area contributed by atoms with Crippen LogP contribution in [0.4, 0.5) is 0 Å². The molecule has 1 heterocycles. The number of hydrogen-bond donors (Lipinski definition) is 1. The summed E-state index contributed by atoms with van der Waals surface area (Å²) in [6, 6.07) is 8.61. The van der Waals surface area contributed by atoms with Crippen LogP contribution in [0.25, 0.3) is 0 Å². The summed E-state index contributed by atoms with van der Waals surface area (Å²) in [6.45, 7) is 4.00. The van der Waals surface area contributed by atoms with Gasteiger partial charge in [-0.15, -0.1) is 0 Å². The zero-order chi connectivity index (χ0) is 10.7.